The van der Waals surface area contributed by atoms with E-state index in [1.807, 2.05) is 13.0 Å². The number of H-pyrrole nitrogens is 1. The molecule has 2 atom stereocenters. The molecule has 0 amide bonds. The second-order valence-electron chi connectivity index (χ2n) is 6.24. The third-order valence-corrected chi connectivity index (χ3v) is 4.61. The zero-order chi connectivity index (χ0) is 15.7. The average molecular weight is 301 g/mol. The summed E-state index contributed by atoms with van der Waals surface area (Å²) in [7, 11) is 0. The first-order valence-corrected chi connectivity index (χ1v) is 8.01. The number of piperidine rings is 1. The van der Waals surface area contributed by atoms with Crippen LogP contribution in [0, 0.1) is 6.92 Å². The van der Waals surface area contributed by atoms with Crippen LogP contribution in [0.4, 0.5) is 0 Å². The summed E-state index contributed by atoms with van der Waals surface area (Å²) in [5.74, 6) is 0.559. The van der Waals surface area contributed by atoms with Crippen molar-refractivity contribution in [2.75, 3.05) is 13.1 Å². The number of nitrogens with one attached hydrogen (secondary N) is 1. The van der Waals surface area contributed by atoms with Gasteiger partial charge in [-0.3, -0.25) is 9.69 Å². The van der Waals surface area contributed by atoms with Crippen LogP contribution in [0.25, 0.3) is 11.0 Å². The Morgan fingerprint density at radius 3 is 3.09 bits per heavy atom. The van der Waals surface area contributed by atoms with Crippen LogP contribution in [0.2, 0.25) is 0 Å². The van der Waals surface area contributed by atoms with Crippen molar-refractivity contribution in [1.29, 1.82) is 0 Å². The molecule has 1 saturated heterocycles. The lowest BCUT2D eigenvalue weighted by Crippen LogP contribution is -2.46. The van der Waals surface area contributed by atoms with Gasteiger partial charge in [0.2, 0.25) is 0 Å². The van der Waals surface area contributed by atoms with E-state index in [4.69, 9.17) is 4.98 Å². The Bertz CT molecular complexity index is 680. The summed E-state index contributed by atoms with van der Waals surface area (Å²) in [5, 5.41) is 9.36. The molecule has 2 unspecified atom stereocenters. The van der Waals surface area contributed by atoms with Crippen LogP contribution in [-0.2, 0) is 4.79 Å². The highest BCUT2D eigenvalue weighted by atomic mass is 16.4. The summed E-state index contributed by atoms with van der Waals surface area (Å²) in [4.78, 5) is 21.6. The highest BCUT2D eigenvalue weighted by molar-refractivity contribution is 5.76. The molecule has 1 aromatic heterocycles. The summed E-state index contributed by atoms with van der Waals surface area (Å²) in [6.45, 7) is 5.64. The molecule has 5 nitrogen and oxygen atoms in total. The molecule has 0 aliphatic carbocycles. The van der Waals surface area contributed by atoms with Crippen molar-refractivity contribution in [2.45, 2.75) is 45.1 Å². The Balaban J connectivity index is 1.82. The molecule has 2 heterocycles. The Hall–Kier alpha value is -1.88. The number of carboxylic acid groups (broad SMARTS) is 1. The normalized spacial score (nSPS) is 21.1. The Kier molecular flexibility index (Phi) is 4.16. The van der Waals surface area contributed by atoms with Gasteiger partial charge in [0.05, 0.1) is 11.0 Å². The highest BCUT2D eigenvalue weighted by Gasteiger charge is 2.30. The zero-order valence-corrected chi connectivity index (χ0v) is 13.2. The molecular formula is C17H23N3O2. The van der Waals surface area contributed by atoms with Gasteiger partial charge in [-0.15, -0.1) is 0 Å². The fourth-order valence-electron chi connectivity index (χ4n) is 3.44. The fraction of sp³-hybridized carbons (Fsp3) is 0.529. The Morgan fingerprint density at radius 1 is 1.55 bits per heavy atom. The number of nitrogens with zero attached hydrogens (tertiary/aromatic N) is 2. The van der Waals surface area contributed by atoms with E-state index >= 15 is 0 Å². The molecular weight excluding hydrogens is 278 g/mol. The smallest absolute Gasteiger partial charge is 0.320 e. The number of carbonyl (C=O) groups is 1. The topological polar surface area (TPSA) is 69.2 Å². The summed E-state index contributed by atoms with van der Waals surface area (Å²) in [5.41, 5.74) is 3.27. The van der Waals surface area contributed by atoms with Gasteiger partial charge < -0.3 is 10.1 Å². The number of likely N-dealkylation sites (tertiary alicyclic amines) is 1. The van der Waals surface area contributed by atoms with E-state index in [0.717, 1.165) is 42.8 Å². The van der Waals surface area contributed by atoms with E-state index < -0.39 is 5.97 Å². The maximum absolute atomic E-state index is 11.4. The first-order valence-electron chi connectivity index (χ1n) is 8.01. The number of aromatic nitrogens is 2. The number of aliphatic carboxylic acids is 1. The van der Waals surface area contributed by atoms with Crippen LogP contribution in [0.5, 0.6) is 0 Å². The van der Waals surface area contributed by atoms with Gasteiger partial charge in [-0.1, -0.05) is 13.0 Å². The van der Waals surface area contributed by atoms with Crippen LogP contribution >= 0.6 is 0 Å². The average Bonchev–Trinajstić information content (AvgIpc) is 2.91. The van der Waals surface area contributed by atoms with E-state index in [9.17, 15) is 9.90 Å². The predicted octanol–water partition coefficient (Wildman–Crippen LogP) is 2.91. The van der Waals surface area contributed by atoms with Crippen LogP contribution in [0.3, 0.4) is 0 Å². The molecule has 5 heteroatoms. The van der Waals surface area contributed by atoms with Gasteiger partial charge in [-0.2, -0.15) is 0 Å². The number of carboxylic acids is 1. The second kappa shape index (κ2) is 6.08. The fourth-order valence-corrected chi connectivity index (χ4v) is 3.44. The van der Waals surface area contributed by atoms with Crippen molar-refractivity contribution in [3.63, 3.8) is 0 Å². The SMILES string of the molecule is CCC(C(=O)O)N1CCCC(c2nc3ccc(C)cc3[nH]2)C1. The van der Waals surface area contributed by atoms with Crippen LogP contribution in [0.15, 0.2) is 18.2 Å². The van der Waals surface area contributed by atoms with Gasteiger partial charge in [0.25, 0.3) is 0 Å². The number of hydrogen-bond donors (Lipinski definition) is 2. The minimum Gasteiger partial charge on any atom is -0.480 e. The van der Waals surface area contributed by atoms with Crippen molar-refractivity contribution < 1.29 is 9.90 Å². The first-order chi connectivity index (χ1) is 10.6. The molecule has 0 bridgehead atoms. The molecule has 2 aromatic rings. The number of aromatic amines is 1. The van der Waals surface area contributed by atoms with E-state index in [1.165, 1.54) is 5.56 Å². The third kappa shape index (κ3) is 2.86. The summed E-state index contributed by atoms with van der Waals surface area (Å²) in [6.07, 6.45) is 2.72. The third-order valence-electron chi connectivity index (χ3n) is 4.61. The van der Waals surface area contributed by atoms with Crippen molar-refractivity contribution >= 4 is 17.0 Å². The largest absolute Gasteiger partial charge is 0.480 e. The zero-order valence-electron chi connectivity index (χ0n) is 13.2. The molecule has 118 valence electrons. The quantitative estimate of drug-likeness (QED) is 0.911. The summed E-state index contributed by atoms with van der Waals surface area (Å²) >= 11 is 0. The van der Waals surface area contributed by atoms with Crippen molar-refractivity contribution in [2.24, 2.45) is 0 Å². The number of aryl methyl sites for hydroxylation is 1. The van der Waals surface area contributed by atoms with E-state index in [1.54, 1.807) is 0 Å². The lowest BCUT2D eigenvalue weighted by Gasteiger charge is -2.35. The lowest BCUT2D eigenvalue weighted by molar-refractivity contribution is -0.144. The molecule has 1 aliphatic rings. The first kappa shape index (κ1) is 15.0. The molecule has 3 rings (SSSR count). The van der Waals surface area contributed by atoms with Gasteiger partial charge in [0, 0.05) is 12.5 Å². The monoisotopic (exact) mass is 301 g/mol. The molecule has 22 heavy (non-hydrogen) atoms. The molecule has 0 radical (unpaired) electrons. The summed E-state index contributed by atoms with van der Waals surface area (Å²) < 4.78 is 0. The van der Waals surface area contributed by atoms with Gasteiger partial charge in [-0.25, -0.2) is 4.98 Å². The van der Waals surface area contributed by atoms with E-state index in [0.29, 0.717) is 6.42 Å². The van der Waals surface area contributed by atoms with Gasteiger partial charge in [0.1, 0.15) is 11.9 Å². The summed E-state index contributed by atoms with van der Waals surface area (Å²) in [6, 6.07) is 5.84. The highest BCUT2D eigenvalue weighted by Crippen LogP contribution is 2.28. The number of fused-ring (bicyclic) bond motifs is 1. The number of rotatable bonds is 4. The Morgan fingerprint density at radius 2 is 2.36 bits per heavy atom. The van der Waals surface area contributed by atoms with Crippen molar-refractivity contribution in [3.8, 4) is 0 Å². The van der Waals surface area contributed by atoms with Crippen LogP contribution in [-0.4, -0.2) is 45.1 Å². The Labute approximate surface area is 130 Å². The number of benzene rings is 1. The lowest BCUT2D eigenvalue weighted by atomic mass is 9.95. The predicted molar refractivity (Wildman–Crippen MR) is 86.1 cm³/mol. The minimum absolute atomic E-state index is 0.287. The van der Waals surface area contributed by atoms with E-state index in [-0.39, 0.29) is 12.0 Å². The van der Waals surface area contributed by atoms with Gasteiger partial charge >= 0.3 is 5.97 Å². The number of imidazole rings is 1. The van der Waals surface area contributed by atoms with Crippen LogP contribution < -0.4 is 0 Å². The molecule has 1 fully saturated rings. The standard InChI is InChI=1S/C17H23N3O2/c1-3-15(17(21)22)20-8-4-5-12(10-20)16-18-13-7-6-11(2)9-14(13)19-16/h6-7,9,12,15H,3-5,8,10H2,1-2H3,(H,18,19)(H,21,22). The maximum Gasteiger partial charge on any atom is 0.320 e. The van der Waals surface area contributed by atoms with Gasteiger partial charge in [-0.05, 0) is 50.4 Å². The maximum atomic E-state index is 11.4. The van der Waals surface area contributed by atoms with Crippen molar-refractivity contribution in [1.82, 2.24) is 14.9 Å². The molecule has 1 aromatic carbocycles. The second-order valence-corrected chi connectivity index (χ2v) is 6.24. The molecule has 1 aliphatic heterocycles. The number of hydrogen-bond acceptors (Lipinski definition) is 3. The van der Waals surface area contributed by atoms with Gasteiger partial charge in [0.15, 0.2) is 0 Å². The molecule has 2 N–H and O–H groups in total. The minimum atomic E-state index is -0.719. The van der Waals surface area contributed by atoms with Crippen LogP contribution in [0.1, 0.15) is 43.5 Å². The van der Waals surface area contributed by atoms with E-state index in [2.05, 4.69) is 28.9 Å². The van der Waals surface area contributed by atoms with Crippen molar-refractivity contribution in [3.05, 3.63) is 29.6 Å². The molecule has 0 saturated carbocycles. The molecule has 0 spiro atoms.